The Morgan fingerprint density at radius 2 is 2.00 bits per heavy atom. The first kappa shape index (κ1) is 21.1. The molecule has 0 unspecified atom stereocenters. The van der Waals surface area contributed by atoms with E-state index in [9.17, 15) is 19.7 Å². The van der Waals surface area contributed by atoms with Crippen LogP contribution in [0.4, 0.5) is 11.4 Å². The maximum Gasteiger partial charge on any atom is 0.330 e. The Morgan fingerprint density at radius 3 is 2.50 bits per heavy atom. The SMILES string of the molecule is CCN(CC(=O)NC(C)(C)C)c1ccc(/C=C/C(=O)OC)cc1[N+](=O)[O-]. The van der Waals surface area contributed by atoms with Gasteiger partial charge in [-0.3, -0.25) is 14.9 Å². The van der Waals surface area contributed by atoms with Gasteiger partial charge in [0.25, 0.3) is 5.69 Å². The number of nitrogens with zero attached hydrogens (tertiary/aromatic N) is 2. The van der Waals surface area contributed by atoms with Crippen LogP contribution in [0.5, 0.6) is 0 Å². The van der Waals surface area contributed by atoms with E-state index in [2.05, 4.69) is 10.1 Å². The average Bonchev–Trinajstić information content (AvgIpc) is 2.55. The van der Waals surface area contributed by atoms with Gasteiger partial charge in [0.05, 0.1) is 18.6 Å². The van der Waals surface area contributed by atoms with Crippen LogP contribution in [0, 0.1) is 10.1 Å². The van der Waals surface area contributed by atoms with E-state index in [1.54, 1.807) is 17.0 Å². The fourth-order valence-corrected chi connectivity index (χ4v) is 2.29. The number of esters is 1. The van der Waals surface area contributed by atoms with Gasteiger partial charge in [-0.25, -0.2) is 4.79 Å². The summed E-state index contributed by atoms with van der Waals surface area (Å²) in [6, 6.07) is 4.58. The second kappa shape index (κ2) is 8.98. The highest BCUT2D eigenvalue weighted by Crippen LogP contribution is 2.29. The highest BCUT2D eigenvalue weighted by Gasteiger charge is 2.22. The third-order valence-electron chi connectivity index (χ3n) is 3.38. The molecule has 0 aromatic heterocycles. The molecular formula is C18H25N3O5. The minimum absolute atomic E-state index is 0.00591. The van der Waals surface area contributed by atoms with Gasteiger partial charge in [-0.2, -0.15) is 0 Å². The molecule has 1 rings (SSSR count). The number of nitro groups is 1. The molecule has 0 aliphatic carbocycles. The Bertz CT molecular complexity index is 707. The molecule has 1 aromatic rings. The molecule has 0 saturated carbocycles. The molecule has 8 heteroatoms. The summed E-state index contributed by atoms with van der Waals surface area (Å²) >= 11 is 0. The molecule has 0 heterocycles. The topological polar surface area (TPSA) is 102 Å². The van der Waals surface area contributed by atoms with Crippen molar-refractivity contribution in [2.75, 3.05) is 25.1 Å². The Balaban J connectivity index is 3.12. The monoisotopic (exact) mass is 363 g/mol. The minimum Gasteiger partial charge on any atom is -0.466 e. The predicted molar refractivity (Wildman–Crippen MR) is 99.9 cm³/mol. The molecule has 0 spiro atoms. The third kappa shape index (κ3) is 6.54. The lowest BCUT2D eigenvalue weighted by atomic mass is 10.1. The number of hydrogen-bond donors (Lipinski definition) is 1. The van der Waals surface area contributed by atoms with Gasteiger partial charge in [0.15, 0.2) is 0 Å². The number of methoxy groups -OCH3 is 1. The number of carbonyl (C=O) groups excluding carboxylic acids is 2. The third-order valence-corrected chi connectivity index (χ3v) is 3.38. The molecule has 142 valence electrons. The van der Waals surface area contributed by atoms with E-state index in [0.717, 1.165) is 0 Å². The first-order valence-corrected chi connectivity index (χ1v) is 8.17. The van der Waals surface area contributed by atoms with Gasteiger partial charge in [-0.15, -0.1) is 0 Å². The maximum atomic E-state index is 12.2. The summed E-state index contributed by atoms with van der Waals surface area (Å²) in [6.45, 7) is 7.85. The van der Waals surface area contributed by atoms with Crippen molar-refractivity contribution in [2.24, 2.45) is 0 Å². The highest BCUT2D eigenvalue weighted by molar-refractivity contribution is 5.87. The van der Waals surface area contributed by atoms with Crippen LogP contribution in [0.25, 0.3) is 6.08 Å². The van der Waals surface area contributed by atoms with E-state index in [0.29, 0.717) is 17.8 Å². The quantitative estimate of drug-likeness (QED) is 0.346. The average molecular weight is 363 g/mol. The second-order valence-corrected chi connectivity index (χ2v) is 6.67. The molecule has 0 saturated heterocycles. The number of hydrogen-bond acceptors (Lipinski definition) is 6. The van der Waals surface area contributed by atoms with Crippen molar-refractivity contribution in [1.82, 2.24) is 5.32 Å². The number of anilines is 1. The van der Waals surface area contributed by atoms with E-state index in [1.165, 1.54) is 25.3 Å². The summed E-state index contributed by atoms with van der Waals surface area (Å²) in [6.07, 6.45) is 2.62. The van der Waals surface area contributed by atoms with Crippen LogP contribution in [-0.4, -0.2) is 42.5 Å². The summed E-state index contributed by atoms with van der Waals surface area (Å²) < 4.78 is 4.50. The number of amides is 1. The van der Waals surface area contributed by atoms with E-state index in [-0.39, 0.29) is 23.7 Å². The molecule has 0 radical (unpaired) electrons. The molecule has 1 amide bonds. The van der Waals surface area contributed by atoms with Crippen molar-refractivity contribution in [3.63, 3.8) is 0 Å². The Hall–Kier alpha value is -2.90. The van der Waals surface area contributed by atoms with Crippen LogP contribution in [0.3, 0.4) is 0 Å². The fraction of sp³-hybridized carbons (Fsp3) is 0.444. The number of nitrogens with one attached hydrogen (secondary N) is 1. The zero-order valence-corrected chi connectivity index (χ0v) is 15.7. The van der Waals surface area contributed by atoms with Gasteiger partial charge >= 0.3 is 5.97 Å². The first-order valence-electron chi connectivity index (χ1n) is 8.17. The number of likely N-dealkylation sites (N-methyl/N-ethyl adjacent to an activating group) is 1. The van der Waals surface area contributed by atoms with Gasteiger partial charge in [0.2, 0.25) is 5.91 Å². The van der Waals surface area contributed by atoms with Crippen LogP contribution >= 0.6 is 0 Å². The lowest BCUT2D eigenvalue weighted by Crippen LogP contribution is -2.46. The van der Waals surface area contributed by atoms with Gasteiger partial charge in [0.1, 0.15) is 5.69 Å². The molecule has 0 atom stereocenters. The summed E-state index contributed by atoms with van der Waals surface area (Å²) in [5.41, 5.74) is 0.311. The molecule has 1 N–H and O–H groups in total. The van der Waals surface area contributed by atoms with Gasteiger partial charge < -0.3 is 15.0 Å². The Labute approximate surface area is 153 Å². The Morgan fingerprint density at radius 1 is 1.35 bits per heavy atom. The van der Waals surface area contributed by atoms with Crippen LogP contribution < -0.4 is 10.2 Å². The van der Waals surface area contributed by atoms with Crippen LogP contribution in [-0.2, 0) is 14.3 Å². The number of benzene rings is 1. The predicted octanol–water partition coefficient (Wildman–Crippen LogP) is 2.52. The molecule has 0 aliphatic rings. The first-order chi connectivity index (χ1) is 12.1. The molecule has 8 nitrogen and oxygen atoms in total. The zero-order chi connectivity index (χ0) is 19.9. The molecule has 0 aliphatic heterocycles. The Kier molecular flexibility index (Phi) is 7.30. The van der Waals surface area contributed by atoms with Gasteiger partial charge in [-0.1, -0.05) is 6.07 Å². The van der Waals surface area contributed by atoms with Crippen molar-refractivity contribution in [3.05, 3.63) is 40.0 Å². The van der Waals surface area contributed by atoms with Crippen molar-refractivity contribution in [3.8, 4) is 0 Å². The van der Waals surface area contributed by atoms with Crippen LogP contribution in [0.15, 0.2) is 24.3 Å². The minimum atomic E-state index is -0.550. The molecule has 1 aromatic carbocycles. The van der Waals surface area contributed by atoms with Crippen molar-refractivity contribution < 1.29 is 19.2 Å². The smallest absolute Gasteiger partial charge is 0.330 e. The van der Waals surface area contributed by atoms with Crippen molar-refractivity contribution >= 4 is 29.3 Å². The molecule has 26 heavy (non-hydrogen) atoms. The molecule has 0 bridgehead atoms. The number of rotatable bonds is 7. The van der Waals surface area contributed by atoms with E-state index < -0.39 is 10.9 Å². The lowest BCUT2D eigenvalue weighted by Gasteiger charge is -2.26. The van der Waals surface area contributed by atoms with E-state index in [1.807, 2.05) is 27.7 Å². The van der Waals surface area contributed by atoms with Crippen molar-refractivity contribution in [1.29, 1.82) is 0 Å². The van der Waals surface area contributed by atoms with Gasteiger partial charge in [-0.05, 0) is 45.4 Å². The normalized spacial score (nSPS) is 11.3. The number of nitro benzene ring substituents is 1. The number of ether oxygens (including phenoxy) is 1. The highest BCUT2D eigenvalue weighted by atomic mass is 16.6. The fourth-order valence-electron chi connectivity index (χ4n) is 2.29. The van der Waals surface area contributed by atoms with E-state index in [4.69, 9.17) is 0 Å². The number of carbonyl (C=O) groups is 2. The second-order valence-electron chi connectivity index (χ2n) is 6.67. The zero-order valence-electron chi connectivity index (χ0n) is 15.7. The summed E-state index contributed by atoms with van der Waals surface area (Å²) in [5, 5.41) is 14.3. The summed E-state index contributed by atoms with van der Waals surface area (Å²) in [7, 11) is 1.25. The van der Waals surface area contributed by atoms with Crippen LogP contribution in [0.1, 0.15) is 33.3 Å². The molecular weight excluding hydrogens is 338 g/mol. The lowest BCUT2D eigenvalue weighted by molar-refractivity contribution is -0.384. The van der Waals surface area contributed by atoms with Crippen molar-refractivity contribution in [2.45, 2.75) is 33.2 Å². The summed E-state index contributed by atoms with van der Waals surface area (Å²) in [5.74, 6) is -0.769. The largest absolute Gasteiger partial charge is 0.466 e. The summed E-state index contributed by atoms with van der Waals surface area (Å²) in [4.78, 5) is 35.9. The van der Waals surface area contributed by atoms with Gasteiger partial charge in [0, 0.05) is 24.2 Å². The molecule has 0 fully saturated rings. The standard InChI is InChI=1S/C18H25N3O5/c1-6-20(12-16(22)19-18(2,3)4)14-9-7-13(8-10-17(23)26-5)11-15(14)21(24)25/h7-11H,6,12H2,1-5H3,(H,19,22)/b10-8+. The van der Waals surface area contributed by atoms with Crippen LogP contribution in [0.2, 0.25) is 0 Å². The van der Waals surface area contributed by atoms with E-state index >= 15 is 0 Å². The maximum absolute atomic E-state index is 12.2.